The molecule has 0 spiro atoms. The molecule has 0 aromatic carbocycles. The number of hydrogen-bond acceptors (Lipinski definition) is 4. The van der Waals surface area contributed by atoms with E-state index in [0.717, 1.165) is 12.8 Å². The van der Waals surface area contributed by atoms with Crippen molar-refractivity contribution in [2.24, 2.45) is 0 Å². The number of rotatable bonds is 4. The molecule has 0 aliphatic heterocycles. The summed E-state index contributed by atoms with van der Waals surface area (Å²) in [6.07, 6.45) is 1.39. The Bertz CT molecular complexity index is 123. The van der Waals surface area contributed by atoms with Gasteiger partial charge in [-0.2, -0.15) is 6.92 Å². The first-order chi connectivity index (χ1) is 6.54. The van der Waals surface area contributed by atoms with Crippen molar-refractivity contribution in [1.82, 2.24) is 0 Å². The smallest absolute Gasteiger partial charge is 0.854 e. The van der Waals surface area contributed by atoms with Crippen LogP contribution in [0.4, 0.5) is 0 Å². The van der Waals surface area contributed by atoms with Gasteiger partial charge in [0, 0.05) is 12.4 Å². The molecule has 0 fully saturated rings. The van der Waals surface area contributed by atoms with Gasteiger partial charge in [-0.05, 0) is 6.92 Å². The minimum atomic E-state index is -1.31. The molecule has 0 amide bonds. The summed E-state index contributed by atoms with van der Waals surface area (Å²) in [6.45, 7) is 8.31. The van der Waals surface area contributed by atoms with Gasteiger partial charge < -0.3 is 21.9 Å². The van der Waals surface area contributed by atoms with E-state index >= 15 is 0 Å². The maximum Gasteiger partial charge on any atom is 3.00 e. The standard InChI is InChI=1S/C4H6O3.C4H9O.C2H5.Zr/c1-3(5)2-4(6)7;1-2-3-4-5;1-2;/h2H2,1H3,(H,6,7);2-4H2,1H3;1H2,2H3;/q;2*-1;+3/p-1. The number of carbonyl (C=O) groups excluding carboxylic acids is 2. The molecule has 5 heteroatoms. The number of unbranched alkanes of at least 4 members (excludes halogenated alkanes) is 1. The Morgan fingerprint density at radius 2 is 1.67 bits per heavy atom. The maximum atomic E-state index is 9.83. The monoisotopic (exact) mass is 293 g/mol. The number of ketones is 1. The Morgan fingerprint density at radius 3 is 1.67 bits per heavy atom. The fraction of sp³-hybridized carbons (Fsp3) is 0.700. The molecule has 0 aliphatic rings. The van der Waals surface area contributed by atoms with Gasteiger partial charge in [-0.1, -0.05) is 19.8 Å². The van der Waals surface area contributed by atoms with Crippen molar-refractivity contribution in [2.75, 3.05) is 6.61 Å². The van der Waals surface area contributed by atoms with Crippen molar-refractivity contribution < 1.29 is 46.0 Å². The summed E-state index contributed by atoms with van der Waals surface area (Å²) in [7, 11) is 0. The molecule has 0 unspecified atom stereocenters. The number of aliphatic carboxylic acids is 1. The van der Waals surface area contributed by atoms with Crippen LogP contribution in [0.2, 0.25) is 0 Å². The third kappa shape index (κ3) is 56.1. The van der Waals surface area contributed by atoms with Gasteiger partial charge in [0.05, 0.1) is 0 Å². The van der Waals surface area contributed by atoms with E-state index in [1.54, 1.807) is 6.92 Å². The van der Waals surface area contributed by atoms with Gasteiger partial charge in [-0.15, -0.1) is 6.61 Å². The summed E-state index contributed by atoms with van der Waals surface area (Å²) in [5.41, 5.74) is 0. The summed E-state index contributed by atoms with van der Waals surface area (Å²) in [4.78, 5) is 19.3. The minimum absolute atomic E-state index is 0. The van der Waals surface area contributed by atoms with E-state index in [1.165, 1.54) is 6.92 Å². The molecule has 0 aromatic heterocycles. The van der Waals surface area contributed by atoms with Crippen molar-refractivity contribution in [1.29, 1.82) is 0 Å². The summed E-state index contributed by atoms with van der Waals surface area (Å²) < 4.78 is 0. The van der Waals surface area contributed by atoms with Crippen LogP contribution in [0.1, 0.15) is 40.0 Å². The van der Waals surface area contributed by atoms with Crippen LogP contribution in [0.15, 0.2) is 0 Å². The van der Waals surface area contributed by atoms with Crippen LogP contribution in [-0.4, -0.2) is 18.4 Å². The third-order valence-electron chi connectivity index (χ3n) is 0.891. The van der Waals surface area contributed by atoms with Crippen molar-refractivity contribution in [3.63, 3.8) is 0 Å². The summed E-state index contributed by atoms with van der Waals surface area (Å²) >= 11 is 0. The molecule has 0 heterocycles. The van der Waals surface area contributed by atoms with Gasteiger partial charge in [-0.25, -0.2) is 0 Å². The molecular weight excluding hydrogens is 275 g/mol. The molecule has 0 N–H and O–H groups in total. The molecule has 0 rings (SSSR count). The predicted molar refractivity (Wildman–Crippen MR) is 51.1 cm³/mol. The molecule has 0 saturated heterocycles. The zero-order chi connectivity index (χ0) is 12.0. The average Bonchev–Trinajstić information content (AvgIpc) is 2.08. The average molecular weight is 294 g/mol. The zero-order valence-corrected chi connectivity index (χ0v) is 12.1. The van der Waals surface area contributed by atoms with Gasteiger partial charge in [0.25, 0.3) is 0 Å². The van der Waals surface area contributed by atoms with Crippen molar-refractivity contribution in [3.05, 3.63) is 6.92 Å². The maximum absolute atomic E-state index is 9.83. The molecule has 15 heavy (non-hydrogen) atoms. The first-order valence-electron chi connectivity index (χ1n) is 4.52. The van der Waals surface area contributed by atoms with E-state index in [0.29, 0.717) is 0 Å². The van der Waals surface area contributed by atoms with Gasteiger partial charge in [-0.3, -0.25) is 4.79 Å². The normalized spacial score (nSPS) is 7.00. The Morgan fingerprint density at radius 1 is 1.27 bits per heavy atom. The van der Waals surface area contributed by atoms with E-state index < -0.39 is 12.4 Å². The molecule has 0 atom stereocenters. The van der Waals surface area contributed by atoms with Crippen LogP contribution >= 0.6 is 0 Å². The van der Waals surface area contributed by atoms with E-state index in [4.69, 9.17) is 0 Å². The summed E-state index contributed by atoms with van der Waals surface area (Å²) in [6, 6.07) is 0. The van der Waals surface area contributed by atoms with E-state index in [9.17, 15) is 19.8 Å². The molecule has 1 radical (unpaired) electrons. The second-order valence-corrected chi connectivity index (χ2v) is 2.31. The summed E-state index contributed by atoms with van der Waals surface area (Å²) in [5.74, 6) is -1.69. The first kappa shape index (κ1) is 24.3. The van der Waals surface area contributed by atoms with E-state index in [2.05, 4.69) is 6.92 Å². The largest absolute Gasteiger partial charge is 3.00 e. The van der Waals surface area contributed by atoms with E-state index in [-0.39, 0.29) is 38.6 Å². The number of carbonyl (C=O) groups is 2. The second-order valence-electron chi connectivity index (χ2n) is 2.31. The number of carboxylic acids is 1. The topological polar surface area (TPSA) is 80.3 Å². The SMILES string of the molecule is CC(=O)CC(=O)[O-].CCCC[O-].[CH2-]C.[Zr+3]. The van der Waals surface area contributed by atoms with E-state index in [1.807, 2.05) is 6.92 Å². The number of Topliss-reactive ketones (excluding diaryl/α,β-unsaturated/α-hetero) is 1. The van der Waals surface area contributed by atoms with Crippen LogP contribution in [0.5, 0.6) is 0 Å². The number of hydrogen-bond donors (Lipinski definition) is 0. The van der Waals surface area contributed by atoms with Crippen LogP contribution in [-0.2, 0) is 35.8 Å². The molecule has 87 valence electrons. The Balaban J connectivity index is -0.0000000675. The fourth-order valence-electron chi connectivity index (χ4n) is 0.348. The summed E-state index contributed by atoms with van der Waals surface area (Å²) in [5, 5.41) is 19.0. The fourth-order valence-corrected chi connectivity index (χ4v) is 0.348. The van der Waals surface area contributed by atoms with Crippen LogP contribution in [0.25, 0.3) is 0 Å². The van der Waals surface area contributed by atoms with Crippen molar-refractivity contribution in [2.45, 2.75) is 40.0 Å². The Hall–Kier alpha value is -0.0169. The van der Waals surface area contributed by atoms with Gasteiger partial charge in [0.1, 0.15) is 5.78 Å². The second kappa shape index (κ2) is 23.6. The van der Waals surface area contributed by atoms with Crippen LogP contribution in [0, 0.1) is 6.92 Å². The molecule has 0 bridgehead atoms. The van der Waals surface area contributed by atoms with Gasteiger partial charge in [0.2, 0.25) is 0 Å². The predicted octanol–water partition coefficient (Wildman–Crippen LogP) is -0.300. The first-order valence-corrected chi connectivity index (χ1v) is 4.52. The third-order valence-corrected chi connectivity index (χ3v) is 0.891. The van der Waals surface area contributed by atoms with Crippen molar-refractivity contribution >= 4 is 11.8 Å². The molecule has 0 saturated carbocycles. The molecule has 0 aliphatic carbocycles. The molecular formula is C10H19O4Zr. The van der Waals surface area contributed by atoms with Crippen LogP contribution < -0.4 is 10.2 Å². The minimum Gasteiger partial charge on any atom is -0.854 e. The van der Waals surface area contributed by atoms with Gasteiger partial charge in [0.15, 0.2) is 0 Å². The van der Waals surface area contributed by atoms with Gasteiger partial charge >= 0.3 is 26.2 Å². The number of carboxylic acid groups (broad SMARTS) is 1. The quantitative estimate of drug-likeness (QED) is 0.527. The van der Waals surface area contributed by atoms with Crippen molar-refractivity contribution in [3.8, 4) is 0 Å². The molecule has 0 aromatic rings. The molecule has 4 nitrogen and oxygen atoms in total. The van der Waals surface area contributed by atoms with Crippen LogP contribution in [0.3, 0.4) is 0 Å². The Labute approximate surface area is 111 Å². The Kier molecular flexibility index (Phi) is 38.3. The zero-order valence-electron chi connectivity index (χ0n) is 9.67.